The van der Waals surface area contributed by atoms with Crippen molar-refractivity contribution in [2.45, 2.75) is 12.8 Å². The van der Waals surface area contributed by atoms with E-state index in [9.17, 15) is 0 Å². The number of likely N-dealkylation sites (tertiary alicyclic amines) is 1. The number of thiazole rings is 1. The SMILES string of the molecule is c1ccc(NC(=Nc2nccs2)N2CCCC2)cc1. The van der Waals surface area contributed by atoms with E-state index in [1.807, 2.05) is 35.7 Å². The third kappa shape index (κ3) is 3.12. The molecule has 2 aromatic rings. The van der Waals surface area contributed by atoms with Crippen LogP contribution in [0.4, 0.5) is 10.8 Å². The van der Waals surface area contributed by atoms with Crippen LogP contribution >= 0.6 is 11.3 Å². The number of anilines is 1. The summed E-state index contributed by atoms with van der Waals surface area (Å²) in [7, 11) is 0. The lowest BCUT2D eigenvalue weighted by atomic mass is 10.3. The first kappa shape index (κ1) is 12.2. The number of guanidine groups is 1. The van der Waals surface area contributed by atoms with Crippen LogP contribution in [0.3, 0.4) is 0 Å². The number of nitrogens with zero attached hydrogens (tertiary/aromatic N) is 3. The van der Waals surface area contributed by atoms with Gasteiger partial charge in [-0.15, -0.1) is 11.3 Å². The molecule has 1 aliphatic heterocycles. The van der Waals surface area contributed by atoms with Crippen molar-refractivity contribution in [1.82, 2.24) is 9.88 Å². The highest BCUT2D eigenvalue weighted by Gasteiger charge is 2.16. The average molecular weight is 272 g/mol. The van der Waals surface area contributed by atoms with Crippen molar-refractivity contribution in [1.29, 1.82) is 0 Å². The molecule has 1 fully saturated rings. The summed E-state index contributed by atoms with van der Waals surface area (Å²) in [6, 6.07) is 10.2. The maximum atomic E-state index is 4.63. The van der Waals surface area contributed by atoms with Crippen LogP contribution in [0, 0.1) is 0 Å². The minimum Gasteiger partial charge on any atom is -0.342 e. The van der Waals surface area contributed by atoms with Gasteiger partial charge in [-0.25, -0.2) is 4.98 Å². The lowest BCUT2D eigenvalue weighted by molar-refractivity contribution is 0.518. The maximum absolute atomic E-state index is 4.63. The van der Waals surface area contributed by atoms with Crippen molar-refractivity contribution in [2.24, 2.45) is 4.99 Å². The fourth-order valence-corrected chi connectivity index (χ4v) is 2.62. The van der Waals surface area contributed by atoms with Crippen molar-refractivity contribution < 1.29 is 0 Å². The fraction of sp³-hybridized carbons (Fsp3) is 0.286. The Labute approximate surface area is 116 Å². The number of rotatable bonds is 2. The van der Waals surface area contributed by atoms with Gasteiger partial charge in [0.1, 0.15) is 0 Å². The molecule has 19 heavy (non-hydrogen) atoms. The van der Waals surface area contributed by atoms with Gasteiger partial charge in [-0.2, -0.15) is 4.99 Å². The first-order valence-electron chi connectivity index (χ1n) is 6.47. The highest BCUT2D eigenvalue weighted by atomic mass is 32.1. The van der Waals surface area contributed by atoms with Gasteiger partial charge < -0.3 is 10.2 Å². The summed E-state index contributed by atoms with van der Waals surface area (Å²) < 4.78 is 0. The Morgan fingerprint density at radius 1 is 1.21 bits per heavy atom. The standard InChI is InChI=1S/C14H16N4S/c1-2-6-12(7-3-1)16-13(18-9-4-5-10-18)17-14-15-8-11-19-14/h1-3,6-8,11H,4-5,9-10H2,(H,15,16,17). The Balaban J connectivity index is 1.84. The first-order valence-corrected chi connectivity index (χ1v) is 7.35. The molecule has 0 radical (unpaired) electrons. The zero-order valence-electron chi connectivity index (χ0n) is 10.6. The molecular formula is C14H16N4S. The predicted molar refractivity (Wildman–Crippen MR) is 80.1 cm³/mol. The second kappa shape index (κ2) is 5.84. The van der Waals surface area contributed by atoms with E-state index in [0.29, 0.717) is 0 Å². The summed E-state index contributed by atoms with van der Waals surface area (Å²) >= 11 is 1.56. The van der Waals surface area contributed by atoms with Crippen LogP contribution < -0.4 is 5.32 Å². The molecule has 1 aromatic carbocycles. The van der Waals surface area contributed by atoms with Gasteiger partial charge in [0.05, 0.1) is 0 Å². The molecule has 0 spiro atoms. The molecular weight excluding hydrogens is 256 g/mol. The van der Waals surface area contributed by atoms with Gasteiger partial charge in [-0.05, 0) is 25.0 Å². The maximum Gasteiger partial charge on any atom is 0.212 e. The van der Waals surface area contributed by atoms with Crippen LogP contribution in [0.1, 0.15) is 12.8 Å². The van der Waals surface area contributed by atoms with Crippen LogP contribution in [0.5, 0.6) is 0 Å². The highest BCUT2D eigenvalue weighted by Crippen LogP contribution is 2.18. The molecule has 5 heteroatoms. The van der Waals surface area contributed by atoms with Crippen LogP contribution in [-0.2, 0) is 0 Å². The monoisotopic (exact) mass is 272 g/mol. The molecule has 1 aromatic heterocycles. The molecule has 98 valence electrons. The topological polar surface area (TPSA) is 40.5 Å². The van der Waals surface area contributed by atoms with Crippen molar-refractivity contribution in [3.05, 3.63) is 41.9 Å². The van der Waals surface area contributed by atoms with Crippen LogP contribution in [0.15, 0.2) is 46.9 Å². The van der Waals surface area contributed by atoms with Crippen LogP contribution in [-0.4, -0.2) is 28.9 Å². The second-order valence-corrected chi connectivity index (χ2v) is 5.31. The lowest BCUT2D eigenvalue weighted by Gasteiger charge is -2.20. The summed E-state index contributed by atoms with van der Waals surface area (Å²) in [6.07, 6.45) is 4.24. The molecule has 2 heterocycles. The minimum absolute atomic E-state index is 0.797. The smallest absolute Gasteiger partial charge is 0.212 e. The van der Waals surface area contributed by atoms with Gasteiger partial charge in [0.25, 0.3) is 0 Å². The van der Waals surface area contributed by atoms with Crippen molar-refractivity contribution in [3.8, 4) is 0 Å². The quantitative estimate of drug-likeness (QED) is 0.673. The number of hydrogen-bond acceptors (Lipinski definition) is 3. The van der Waals surface area contributed by atoms with Gasteiger partial charge in [-0.3, -0.25) is 0 Å². The van der Waals surface area contributed by atoms with Crippen molar-refractivity contribution in [2.75, 3.05) is 18.4 Å². The third-order valence-electron chi connectivity index (χ3n) is 3.06. The highest BCUT2D eigenvalue weighted by molar-refractivity contribution is 7.13. The van der Waals surface area contributed by atoms with Gasteiger partial charge in [0, 0.05) is 30.4 Å². The molecule has 3 rings (SSSR count). The summed E-state index contributed by atoms with van der Waals surface area (Å²) in [6.45, 7) is 2.12. The largest absolute Gasteiger partial charge is 0.342 e. The fourth-order valence-electron chi connectivity index (χ4n) is 2.12. The number of benzene rings is 1. The van der Waals surface area contributed by atoms with E-state index in [1.165, 1.54) is 12.8 Å². The lowest BCUT2D eigenvalue weighted by Crippen LogP contribution is -2.33. The van der Waals surface area contributed by atoms with Crippen molar-refractivity contribution >= 4 is 28.1 Å². The van der Waals surface area contributed by atoms with E-state index in [2.05, 4.69) is 20.2 Å². The summed E-state index contributed by atoms with van der Waals surface area (Å²) in [5.74, 6) is 0.902. The van der Waals surface area contributed by atoms with E-state index in [0.717, 1.165) is 29.9 Å². The number of nitrogens with one attached hydrogen (secondary N) is 1. The zero-order chi connectivity index (χ0) is 12.9. The molecule has 0 bridgehead atoms. The van der Waals surface area contributed by atoms with Gasteiger partial charge in [0.15, 0.2) is 0 Å². The molecule has 0 amide bonds. The number of para-hydroxylation sites is 1. The Kier molecular flexibility index (Phi) is 3.74. The first-order chi connectivity index (χ1) is 9.42. The Hall–Kier alpha value is -1.88. The zero-order valence-corrected chi connectivity index (χ0v) is 11.4. The third-order valence-corrected chi connectivity index (χ3v) is 3.72. The Bertz CT molecular complexity index is 530. The summed E-state index contributed by atoms with van der Waals surface area (Å²) in [5, 5.41) is 6.15. The Morgan fingerprint density at radius 3 is 2.68 bits per heavy atom. The van der Waals surface area contributed by atoms with Crippen LogP contribution in [0.2, 0.25) is 0 Å². The molecule has 0 aliphatic carbocycles. The molecule has 1 aliphatic rings. The van der Waals surface area contributed by atoms with Gasteiger partial charge in [0.2, 0.25) is 11.1 Å². The number of aliphatic imine (C=N–C) groups is 1. The van der Waals surface area contributed by atoms with E-state index < -0.39 is 0 Å². The minimum atomic E-state index is 0.797. The molecule has 1 saturated heterocycles. The average Bonchev–Trinajstić information content (AvgIpc) is 3.12. The van der Waals surface area contributed by atoms with E-state index in [4.69, 9.17) is 0 Å². The molecule has 0 atom stereocenters. The van der Waals surface area contributed by atoms with E-state index >= 15 is 0 Å². The predicted octanol–water partition coefficient (Wildman–Crippen LogP) is 3.34. The molecule has 4 nitrogen and oxygen atoms in total. The second-order valence-electron chi connectivity index (χ2n) is 4.44. The van der Waals surface area contributed by atoms with Gasteiger partial charge >= 0.3 is 0 Å². The number of hydrogen-bond donors (Lipinski definition) is 1. The van der Waals surface area contributed by atoms with Crippen LogP contribution in [0.25, 0.3) is 0 Å². The normalized spacial score (nSPS) is 15.8. The molecule has 0 unspecified atom stereocenters. The molecule has 1 N–H and O–H groups in total. The van der Waals surface area contributed by atoms with E-state index in [-0.39, 0.29) is 0 Å². The molecule has 0 saturated carbocycles. The summed E-state index contributed by atoms with van der Waals surface area (Å²) in [5.41, 5.74) is 1.06. The Morgan fingerprint density at radius 2 is 2.00 bits per heavy atom. The van der Waals surface area contributed by atoms with E-state index in [1.54, 1.807) is 17.5 Å². The summed E-state index contributed by atoms with van der Waals surface area (Å²) in [4.78, 5) is 11.2. The van der Waals surface area contributed by atoms with Crippen molar-refractivity contribution in [3.63, 3.8) is 0 Å². The number of aromatic nitrogens is 1. The van der Waals surface area contributed by atoms with Gasteiger partial charge in [-0.1, -0.05) is 18.2 Å².